The maximum Gasteiger partial charge on any atom is 0.119 e. The lowest BCUT2D eigenvalue weighted by atomic mass is 10.3. The molecule has 1 aromatic rings. The molecule has 0 aliphatic heterocycles. The van der Waals surface area contributed by atoms with Gasteiger partial charge in [0.05, 0.1) is 12.6 Å². The molecule has 0 unspecified atom stereocenters. The van der Waals surface area contributed by atoms with E-state index in [1.54, 1.807) is 0 Å². The number of hydrogen-bond acceptors (Lipinski definition) is 2. The van der Waals surface area contributed by atoms with Gasteiger partial charge in [0.1, 0.15) is 5.75 Å². The highest BCUT2D eigenvalue weighted by Gasteiger charge is 1.96. The van der Waals surface area contributed by atoms with Crippen molar-refractivity contribution in [2.45, 2.75) is 26.9 Å². The normalized spacial score (nSPS) is 9.33. The third-order valence-corrected chi connectivity index (χ3v) is 1.78. The van der Waals surface area contributed by atoms with Crippen LogP contribution >= 0.6 is 0 Å². The molecule has 2 nitrogen and oxygen atoms in total. The van der Waals surface area contributed by atoms with Crippen LogP contribution in [0.15, 0.2) is 24.3 Å². The SMILES string of the molecule is CC#CCNc1ccc(OC(C)C)cc1. The Hall–Kier alpha value is -1.62. The van der Waals surface area contributed by atoms with Crippen LogP contribution in [0.3, 0.4) is 0 Å². The maximum absolute atomic E-state index is 5.54. The van der Waals surface area contributed by atoms with Crippen molar-refractivity contribution < 1.29 is 4.74 Å². The van der Waals surface area contributed by atoms with E-state index in [9.17, 15) is 0 Å². The Morgan fingerprint density at radius 1 is 1.27 bits per heavy atom. The van der Waals surface area contributed by atoms with Crippen molar-refractivity contribution in [1.29, 1.82) is 0 Å². The van der Waals surface area contributed by atoms with E-state index in [-0.39, 0.29) is 6.10 Å². The van der Waals surface area contributed by atoms with E-state index in [2.05, 4.69) is 17.2 Å². The van der Waals surface area contributed by atoms with Crippen molar-refractivity contribution in [3.63, 3.8) is 0 Å². The van der Waals surface area contributed by atoms with Gasteiger partial charge in [-0.2, -0.15) is 0 Å². The third-order valence-electron chi connectivity index (χ3n) is 1.78. The van der Waals surface area contributed by atoms with Crippen LogP contribution in [0.4, 0.5) is 5.69 Å². The first-order valence-corrected chi connectivity index (χ1v) is 5.12. The predicted octanol–water partition coefficient (Wildman–Crippen LogP) is 2.91. The summed E-state index contributed by atoms with van der Waals surface area (Å²) >= 11 is 0. The molecule has 80 valence electrons. The van der Waals surface area contributed by atoms with E-state index in [0.717, 1.165) is 11.4 Å². The molecule has 2 heteroatoms. The minimum atomic E-state index is 0.217. The topological polar surface area (TPSA) is 21.3 Å². The van der Waals surface area contributed by atoms with Crippen molar-refractivity contribution in [3.8, 4) is 17.6 Å². The van der Waals surface area contributed by atoms with Gasteiger partial charge in [0, 0.05) is 5.69 Å². The second-order valence-corrected chi connectivity index (χ2v) is 3.47. The molecule has 0 saturated carbocycles. The Labute approximate surface area is 91.6 Å². The molecular formula is C13H17NO. The molecule has 0 heterocycles. The van der Waals surface area contributed by atoms with E-state index in [1.165, 1.54) is 0 Å². The van der Waals surface area contributed by atoms with E-state index in [4.69, 9.17) is 4.74 Å². The van der Waals surface area contributed by atoms with Crippen LogP contribution in [-0.2, 0) is 0 Å². The smallest absolute Gasteiger partial charge is 0.119 e. The summed E-state index contributed by atoms with van der Waals surface area (Å²) in [6, 6.07) is 7.91. The molecule has 1 rings (SSSR count). The Morgan fingerprint density at radius 2 is 1.93 bits per heavy atom. The van der Waals surface area contributed by atoms with Crippen molar-refractivity contribution >= 4 is 5.69 Å². The summed E-state index contributed by atoms with van der Waals surface area (Å²) in [4.78, 5) is 0. The Bertz CT molecular complexity index is 343. The molecule has 1 N–H and O–H groups in total. The average molecular weight is 203 g/mol. The lowest BCUT2D eigenvalue weighted by Crippen LogP contribution is -2.05. The van der Waals surface area contributed by atoms with Crippen LogP contribution < -0.4 is 10.1 Å². The number of ether oxygens (including phenoxy) is 1. The van der Waals surface area contributed by atoms with Gasteiger partial charge in [-0.1, -0.05) is 5.92 Å². The lowest BCUT2D eigenvalue weighted by Gasteiger charge is -2.10. The first-order valence-electron chi connectivity index (χ1n) is 5.12. The zero-order valence-electron chi connectivity index (χ0n) is 9.50. The summed E-state index contributed by atoms with van der Waals surface area (Å²) < 4.78 is 5.54. The molecule has 0 radical (unpaired) electrons. The summed E-state index contributed by atoms with van der Waals surface area (Å²) in [5, 5.41) is 3.20. The van der Waals surface area contributed by atoms with E-state index >= 15 is 0 Å². The summed E-state index contributed by atoms with van der Waals surface area (Å²) in [6.45, 7) is 6.55. The number of benzene rings is 1. The quantitative estimate of drug-likeness (QED) is 0.760. The standard InChI is InChI=1S/C13H17NO/c1-4-5-10-14-12-6-8-13(9-7-12)15-11(2)3/h6-9,11,14H,10H2,1-3H3. The largest absolute Gasteiger partial charge is 0.491 e. The highest BCUT2D eigenvalue weighted by Crippen LogP contribution is 2.16. The molecule has 0 fully saturated rings. The van der Waals surface area contributed by atoms with Crippen LogP contribution in [0.5, 0.6) is 5.75 Å². The molecule has 15 heavy (non-hydrogen) atoms. The second-order valence-electron chi connectivity index (χ2n) is 3.47. The Kier molecular flexibility index (Phi) is 4.56. The van der Waals surface area contributed by atoms with Crippen molar-refractivity contribution in [1.82, 2.24) is 0 Å². The van der Waals surface area contributed by atoms with Gasteiger partial charge in [0.15, 0.2) is 0 Å². The second kappa shape index (κ2) is 5.98. The summed E-state index contributed by atoms with van der Waals surface area (Å²) in [5.74, 6) is 6.69. The average Bonchev–Trinajstić information content (AvgIpc) is 2.20. The first kappa shape index (κ1) is 11.5. The zero-order chi connectivity index (χ0) is 11.1. The zero-order valence-corrected chi connectivity index (χ0v) is 9.50. The van der Waals surface area contributed by atoms with Gasteiger partial charge in [0.25, 0.3) is 0 Å². The fourth-order valence-corrected chi connectivity index (χ4v) is 1.16. The van der Waals surface area contributed by atoms with Crippen LogP contribution in [0, 0.1) is 11.8 Å². The highest BCUT2D eigenvalue weighted by atomic mass is 16.5. The lowest BCUT2D eigenvalue weighted by molar-refractivity contribution is 0.242. The molecule has 1 aromatic carbocycles. The summed E-state index contributed by atoms with van der Waals surface area (Å²) in [7, 11) is 0. The molecule has 0 spiro atoms. The fourth-order valence-electron chi connectivity index (χ4n) is 1.16. The van der Waals surface area contributed by atoms with E-state index in [1.807, 2.05) is 45.0 Å². The van der Waals surface area contributed by atoms with Gasteiger partial charge in [-0.25, -0.2) is 0 Å². The van der Waals surface area contributed by atoms with Gasteiger partial charge in [-0.05, 0) is 45.0 Å². The number of rotatable bonds is 4. The number of anilines is 1. The molecule has 0 atom stereocenters. The van der Waals surface area contributed by atoms with Gasteiger partial charge in [0.2, 0.25) is 0 Å². The van der Waals surface area contributed by atoms with Crippen LogP contribution in [0.25, 0.3) is 0 Å². The van der Waals surface area contributed by atoms with Crippen molar-refractivity contribution in [2.75, 3.05) is 11.9 Å². The van der Waals surface area contributed by atoms with Gasteiger partial charge in [-0.15, -0.1) is 5.92 Å². The predicted molar refractivity (Wildman–Crippen MR) is 64.1 cm³/mol. The van der Waals surface area contributed by atoms with Crippen molar-refractivity contribution in [2.24, 2.45) is 0 Å². The Balaban J connectivity index is 2.51. The van der Waals surface area contributed by atoms with Gasteiger partial charge >= 0.3 is 0 Å². The minimum absolute atomic E-state index is 0.217. The Morgan fingerprint density at radius 3 is 2.47 bits per heavy atom. The molecular weight excluding hydrogens is 186 g/mol. The van der Waals surface area contributed by atoms with E-state index in [0.29, 0.717) is 6.54 Å². The van der Waals surface area contributed by atoms with Gasteiger partial charge < -0.3 is 10.1 Å². The molecule has 0 aliphatic carbocycles. The monoisotopic (exact) mass is 203 g/mol. The van der Waals surface area contributed by atoms with Crippen LogP contribution in [0.2, 0.25) is 0 Å². The van der Waals surface area contributed by atoms with E-state index < -0.39 is 0 Å². The minimum Gasteiger partial charge on any atom is -0.491 e. The molecule has 0 amide bonds. The summed E-state index contributed by atoms with van der Waals surface area (Å²) in [5.41, 5.74) is 1.06. The van der Waals surface area contributed by atoms with Crippen molar-refractivity contribution in [3.05, 3.63) is 24.3 Å². The molecule has 0 saturated heterocycles. The number of hydrogen-bond donors (Lipinski definition) is 1. The fraction of sp³-hybridized carbons (Fsp3) is 0.385. The molecule has 0 aliphatic rings. The molecule has 0 aromatic heterocycles. The summed E-state index contributed by atoms with van der Waals surface area (Å²) in [6.07, 6.45) is 0.217. The highest BCUT2D eigenvalue weighted by molar-refractivity contribution is 5.47. The third kappa shape index (κ3) is 4.42. The van der Waals surface area contributed by atoms with Crippen LogP contribution in [0.1, 0.15) is 20.8 Å². The van der Waals surface area contributed by atoms with Gasteiger partial charge in [-0.3, -0.25) is 0 Å². The maximum atomic E-state index is 5.54. The first-order chi connectivity index (χ1) is 7.22. The molecule has 0 bridgehead atoms. The number of nitrogens with one attached hydrogen (secondary N) is 1. The van der Waals surface area contributed by atoms with Crippen LogP contribution in [-0.4, -0.2) is 12.6 Å².